The lowest BCUT2D eigenvalue weighted by atomic mass is 9.90. The Balaban J connectivity index is 2.07. The third-order valence-corrected chi connectivity index (χ3v) is 3.61. The standard InChI is InChI=1S/C13H23N3/c1-3-8-16-9-7-15-13(16)12-10-11(4-2)5-6-14-12/h7,9,11-12,14H,3-6,8,10H2,1-2H3. The molecule has 2 heterocycles. The SMILES string of the molecule is CCCn1ccnc1C1CC(CC)CCN1. The van der Waals surface area contributed by atoms with E-state index in [0.29, 0.717) is 6.04 Å². The van der Waals surface area contributed by atoms with Crippen molar-refractivity contribution in [2.45, 2.75) is 52.1 Å². The molecule has 0 bridgehead atoms. The molecule has 0 spiro atoms. The quantitative estimate of drug-likeness (QED) is 0.847. The first-order chi connectivity index (χ1) is 7.85. The van der Waals surface area contributed by atoms with E-state index in [-0.39, 0.29) is 0 Å². The zero-order valence-electron chi connectivity index (χ0n) is 10.4. The van der Waals surface area contributed by atoms with Gasteiger partial charge in [0.25, 0.3) is 0 Å². The van der Waals surface area contributed by atoms with Crippen molar-refractivity contribution in [3.8, 4) is 0 Å². The van der Waals surface area contributed by atoms with Crippen LogP contribution in [-0.2, 0) is 6.54 Å². The summed E-state index contributed by atoms with van der Waals surface area (Å²) in [5.41, 5.74) is 0. The number of hydrogen-bond donors (Lipinski definition) is 1. The lowest BCUT2D eigenvalue weighted by molar-refractivity contribution is 0.286. The molecule has 1 aromatic heterocycles. The number of piperidine rings is 1. The van der Waals surface area contributed by atoms with Crippen LogP contribution in [0.1, 0.15) is 51.4 Å². The smallest absolute Gasteiger partial charge is 0.125 e. The first kappa shape index (κ1) is 11.6. The number of rotatable bonds is 4. The van der Waals surface area contributed by atoms with Gasteiger partial charge in [-0.2, -0.15) is 0 Å². The molecule has 3 nitrogen and oxygen atoms in total. The molecular formula is C13H23N3. The Hall–Kier alpha value is -0.830. The fourth-order valence-corrected chi connectivity index (χ4v) is 2.62. The van der Waals surface area contributed by atoms with Crippen LogP contribution < -0.4 is 5.32 Å². The Morgan fingerprint density at radius 3 is 3.12 bits per heavy atom. The monoisotopic (exact) mass is 221 g/mol. The fourth-order valence-electron chi connectivity index (χ4n) is 2.62. The summed E-state index contributed by atoms with van der Waals surface area (Å²) in [4.78, 5) is 4.53. The average molecular weight is 221 g/mol. The van der Waals surface area contributed by atoms with Crippen molar-refractivity contribution in [1.82, 2.24) is 14.9 Å². The van der Waals surface area contributed by atoms with Crippen LogP contribution in [-0.4, -0.2) is 16.1 Å². The molecule has 1 aliphatic rings. The number of nitrogens with one attached hydrogen (secondary N) is 1. The van der Waals surface area contributed by atoms with Crippen molar-refractivity contribution < 1.29 is 0 Å². The van der Waals surface area contributed by atoms with Gasteiger partial charge in [0, 0.05) is 18.9 Å². The molecule has 0 amide bonds. The molecule has 2 unspecified atom stereocenters. The fraction of sp³-hybridized carbons (Fsp3) is 0.769. The Labute approximate surface area is 98.3 Å². The molecular weight excluding hydrogens is 198 g/mol. The van der Waals surface area contributed by atoms with Gasteiger partial charge in [-0.25, -0.2) is 4.98 Å². The maximum Gasteiger partial charge on any atom is 0.125 e. The maximum atomic E-state index is 4.53. The second-order valence-electron chi connectivity index (χ2n) is 4.78. The highest BCUT2D eigenvalue weighted by Gasteiger charge is 2.24. The van der Waals surface area contributed by atoms with E-state index in [2.05, 4.69) is 34.9 Å². The molecule has 2 atom stereocenters. The molecule has 1 aliphatic heterocycles. The summed E-state index contributed by atoms with van der Waals surface area (Å²) in [5, 5.41) is 3.60. The van der Waals surface area contributed by atoms with Crippen LogP contribution in [0.3, 0.4) is 0 Å². The number of nitrogens with zero attached hydrogens (tertiary/aromatic N) is 2. The molecule has 16 heavy (non-hydrogen) atoms. The van der Waals surface area contributed by atoms with Crippen LogP contribution in [0.5, 0.6) is 0 Å². The van der Waals surface area contributed by atoms with Gasteiger partial charge in [0.2, 0.25) is 0 Å². The van der Waals surface area contributed by atoms with Crippen molar-refractivity contribution in [1.29, 1.82) is 0 Å². The molecule has 0 aromatic carbocycles. The van der Waals surface area contributed by atoms with Crippen molar-refractivity contribution in [3.63, 3.8) is 0 Å². The van der Waals surface area contributed by atoms with Gasteiger partial charge < -0.3 is 9.88 Å². The number of hydrogen-bond acceptors (Lipinski definition) is 2. The van der Waals surface area contributed by atoms with E-state index >= 15 is 0 Å². The highest BCUT2D eigenvalue weighted by Crippen LogP contribution is 2.28. The predicted octanol–water partition coefficient (Wildman–Crippen LogP) is 2.74. The first-order valence-corrected chi connectivity index (χ1v) is 6.59. The van der Waals surface area contributed by atoms with Crippen LogP contribution in [0.25, 0.3) is 0 Å². The molecule has 0 aliphatic carbocycles. The largest absolute Gasteiger partial charge is 0.334 e. The Kier molecular flexibility index (Phi) is 3.99. The molecule has 3 heteroatoms. The molecule has 1 aromatic rings. The summed E-state index contributed by atoms with van der Waals surface area (Å²) in [5.74, 6) is 2.11. The molecule has 0 saturated carbocycles. The molecule has 1 N–H and O–H groups in total. The second-order valence-corrected chi connectivity index (χ2v) is 4.78. The minimum absolute atomic E-state index is 0.472. The average Bonchev–Trinajstić information content (AvgIpc) is 2.78. The number of aryl methyl sites for hydroxylation is 1. The molecule has 1 saturated heterocycles. The van der Waals surface area contributed by atoms with Crippen molar-refractivity contribution in [2.24, 2.45) is 5.92 Å². The van der Waals surface area contributed by atoms with Gasteiger partial charge in [-0.05, 0) is 31.7 Å². The summed E-state index contributed by atoms with van der Waals surface area (Å²) in [7, 11) is 0. The van der Waals surface area contributed by atoms with Crippen LogP contribution in [0.15, 0.2) is 12.4 Å². The van der Waals surface area contributed by atoms with E-state index in [4.69, 9.17) is 0 Å². The number of aromatic nitrogens is 2. The Morgan fingerprint density at radius 1 is 1.50 bits per heavy atom. The third-order valence-electron chi connectivity index (χ3n) is 3.61. The van der Waals surface area contributed by atoms with E-state index < -0.39 is 0 Å². The van der Waals surface area contributed by atoms with E-state index in [0.717, 1.165) is 19.0 Å². The van der Waals surface area contributed by atoms with Gasteiger partial charge in [0.15, 0.2) is 0 Å². The molecule has 90 valence electrons. The van der Waals surface area contributed by atoms with Gasteiger partial charge in [-0.3, -0.25) is 0 Å². The van der Waals surface area contributed by atoms with Crippen molar-refractivity contribution in [2.75, 3.05) is 6.54 Å². The topological polar surface area (TPSA) is 29.9 Å². The van der Waals surface area contributed by atoms with Crippen LogP contribution in [0.4, 0.5) is 0 Å². The van der Waals surface area contributed by atoms with E-state index in [9.17, 15) is 0 Å². The van der Waals surface area contributed by atoms with Crippen molar-refractivity contribution in [3.05, 3.63) is 18.2 Å². The zero-order chi connectivity index (χ0) is 11.4. The lowest BCUT2D eigenvalue weighted by Gasteiger charge is -2.29. The van der Waals surface area contributed by atoms with Gasteiger partial charge in [-0.15, -0.1) is 0 Å². The summed E-state index contributed by atoms with van der Waals surface area (Å²) in [6, 6.07) is 0.472. The lowest BCUT2D eigenvalue weighted by Crippen LogP contribution is -2.33. The first-order valence-electron chi connectivity index (χ1n) is 6.59. The second kappa shape index (κ2) is 5.48. The molecule has 0 radical (unpaired) electrons. The minimum atomic E-state index is 0.472. The number of imidazole rings is 1. The van der Waals surface area contributed by atoms with Crippen LogP contribution >= 0.6 is 0 Å². The van der Waals surface area contributed by atoms with Gasteiger partial charge in [-0.1, -0.05) is 20.3 Å². The van der Waals surface area contributed by atoms with Crippen molar-refractivity contribution >= 4 is 0 Å². The maximum absolute atomic E-state index is 4.53. The molecule has 1 fully saturated rings. The highest BCUT2D eigenvalue weighted by atomic mass is 15.1. The third kappa shape index (κ3) is 2.46. The summed E-state index contributed by atoms with van der Waals surface area (Å²) < 4.78 is 2.30. The van der Waals surface area contributed by atoms with E-state index in [1.54, 1.807) is 0 Å². The Morgan fingerprint density at radius 2 is 2.38 bits per heavy atom. The highest BCUT2D eigenvalue weighted by molar-refractivity contribution is 5.01. The minimum Gasteiger partial charge on any atom is -0.334 e. The van der Waals surface area contributed by atoms with E-state index in [1.807, 2.05) is 6.20 Å². The van der Waals surface area contributed by atoms with E-state index in [1.165, 1.54) is 31.5 Å². The normalized spacial score (nSPS) is 25.9. The van der Waals surface area contributed by atoms with Crippen LogP contribution in [0, 0.1) is 5.92 Å². The predicted molar refractivity (Wildman–Crippen MR) is 66.3 cm³/mol. The van der Waals surface area contributed by atoms with Crippen LogP contribution in [0.2, 0.25) is 0 Å². The molecule has 2 rings (SSSR count). The van der Waals surface area contributed by atoms with Gasteiger partial charge >= 0.3 is 0 Å². The summed E-state index contributed by atoms with van der Waals surface area (Å²) in [6.45, 7) is 6.74. The zero-order valence-corrected chi connectivity index (χ0v) is 10.4. The summed E-state index contributed by atoms with van der Waals surface area (Å²) >= 11 is 0. The van der Waals surface area contributed by atoms with Gasteiger partial charge in [0.1, 0.15) is 5.82 Å². The summed E-state index contributed by atoms with van der Waals surface area (Å²) in [6.07, 6.45) is 9.08. The van der Waals surface area contributed by atoms with Gasteiger partial charge in [0.05, 0.1) is 6.04 Å². The Bertz CT molecular complexity index is 319.